The zero-order valence-electron chi connectivity index (χ0n) is 15.4. The number of nitrogens with zero attached hydrogens (tertiary/aromatic N) is 2. The summed E-state index contributed by atoms with van der Waals surface area (Å²) in [6, 6.07) is 7.46. The zero-order valence-corrected chi connectivity index (χ0v) is 17.1. The summed E-state index contributed by atoms with van der Waals surface area (Å²) in [4.78, 5) is 18.7. The van der Waals surface area contributed by atoms with Crippen molar-refractivity contribution in [1.29, 1.82) is 0 Å². The fourth-order valence-electron chi connectivity index (χ4n) is 3.09. The van der Waals surface area contributed by atoms with Crippen LogP contribution in [0.3, 0.4) is 0 Å². The average molecular weight is 397 g/mol. The van der Waals surface area contributed by atoms with E-state index in [0.717, 1.165) is 11.3 Å². The van der Waals surface area contributed by atoms with E-state index in [1.54, 1.807) is 7.11 Å². The number of sulfone groups is 1. The summed E-state index contributed by atoms with van der Waals surface area (Å²) in [5, 5.41) is 0.530. The standard InChI is InChI=1S/C18H24N2O4S2/c1-18(2,3)16(21)19-17-20(9-12-7-5-6-8-14(12)24-4)13-10-26(22,23)11-15(13)25-17/h5-8,13,15H,9-11H2,1-4H3/t13-,15+/m0/s1. The Morgan fingerprint density at radius 3 is 2.65 bits per heavy atom. The van der Waals surface area contributed by atoms with Gasteiger partial charge in [-0.2, -0.15) is 4.99 Å². The van der Waals surface area contributed by atoms with Gasteiger partial charge in [-0.1, -0.05) is 50.7 Å². The molecule has 2 saturated heterocycles. The maximum atomic E-state index is 12.4. The van der Waals surface area contributed by atoms with Crippen LogP contribution in [0.2, 0.25) is 0 Å². The smallest absolute Gasteiger partial charge is 0.253 e. The van der Waals surface area contributed by atoms with E-state index >= 15 is 0 Å². The number of para-hydroxylation sites is 1. The highest BCUT2D eigenvalue weighted by molar-refractivity contribution is 8.15. The van der Waals surface area contributed by atoms with Crippen LogP contribution in [0.5, 0.6) is 5.75 Å². The molecule has 26 heavy (non-hydrogen) atoms. The lowest BCUT2D eigenvalue weighted by atomic mass is 9.96. The monoisotopic (exact) mass is 396 g/mol. The first-order valence-corrected chi connectivity index (χ1v) is 11.2. The minimum atomic E-state index is -3.06. The van der Waals surface area contributed by atoms with E-state index < -0.39 is 15.3 Å². The molecule has 1 aromatic carbocycles. The van der Waals surface area contributed by atoms with Crippen LogP contribution in [0.4, 0.5) is 0 Å². The number of carbonyl (C=O) groups excluding carboxylic acids is 1. The molecule has 2 fully saturated rings. The van der Waals surface area contributed by atoms with Crippen molar-refractivity contribution in [2.75, 3.05) is 18.6 Å². The molecular formula is C18H24N2O4S2. The van der Waals surface area contributed by atoms with E-state index in [1.807, 2.05) is 49.9 Å². The summed E-state index contributed by atoms with van der Waals surface area (Å²) in [5.74, 6) is 0.770. The first-order valence-electron chi connectivity index (χ1n) is 8.49. The first-order chi connectivity index (χ1) is 12.1. The molecule has 0 aliphatic carbocycles. The Kier molecular flexibility index (Phi) is 5.09. The lowest BCUT2D eigenvalue weighted by molar-refractivity contribution is -0.124. The quantitative estimate of drug-likeness (QED) is 0.781. The lowest BCUT2D eigenvalue weighted by Crippen LogP contribution is -2.37. The molecule has 0 radical (unpaired) electrons. The molecule has 3 rings (SSSR count). The van der Waals surface area contributed by atoms with Crippen LogP contribution in [0.15, 0.2) is 29.3 Å². The number of rotatable bonds is 3. The Morgan fingerprint density at radius 1 is 1.31 bits per heavy atom. The highest BCUT2D eigenvalue weighted by Crippen LogP contribution is 2.40. The number of thioether (sulfide) groups is 1. The van der Waals surface area contributed by atoms with Crippen molar-refractivity contribution in [2.45, 2.75) is 38.6 Å². The Balaban J connectivity index is 1.95. The molecule has 2 aliphatic heterocycles. The van der Waals surface area contributed by atoms with Gasteiger partial charge in [0, 0.05) is 22.8 Å². The summed E-state index contributed by atoms with van der Waals surface area (Å²) < 4.78 is 29.6. The molecule has 1 aromatic rings. The highest BCUT2D eigenvalue weighted by atomic mass is 32.2. The van der Waals surface area contributed by atoms with E-state index in [4.69, 9.17) is 4.74 Å². The zero-order chi connectivity index (χ0) is 19.1. The van der Waals surface area contributed by atoms with Crippen LogP contribution in [0.1, 0.15) is 26.3 Å². The van der Waals surface area contributed by atoms with Crippen molar-refractivity contribution in [3.63, 3.8) is 0 Å². The second-order valence-corrected chi connectivity index (χ2v) is 11.0. The Morgan fingerprint density at radius 2 is 2.00 bits per heavy atom. The molecule has 0 spiro atoms. The van der Waals surface area contributed by atoms with Crippen LogP contribution in [0, 0.1) is 5.41 Å². The fourth-order valence-corrected chi connectivity index (χ4v) is 7.04. The highest BCUT2D eigenvalue weighted by Gasteiger charge is 2.49. The molecule has 2 aliphatic rings. The minimum Gasteiger partial charge on any atom is -0.496 e. The van der Waals surface area contributed by atoms with Gasteiger partial charge in [0.1, 0.15) is 5.75 Å². The maximum Gasteiger partial charge on any atom is 0.253 e. The van der Waals surface area contributed by atoms with Crippen LogP contribution in [-0.2, 0) is 21.2 Å². The molecule has 2 heterocycles. The summed E-state index contributed by atoms with van der Waals surface area (Å²) in [6.45, 7) is 5.95. The predicted octanol–water partition coefficient (Wildman–Crippen LogP) is 2.34. The number of fused-ring (bicyclic) bond motifs is 1. The number of benzene rings is 1. The van der Waals surface area contributed by atoms with Crippen molar-refractivity contribution in [1.82, 2.24) is 4.90 Å². The molecular weight excluding hydrogens is 372 g/mol. The third-order valence-corrected chi connectivity index (χ3v) is 7.79. The molecule has 0 saturated carbocycles. The molecule has 0 N–H and O–H groups in total. The molecule has 0 bridgehead atoms. The Hall–Kier alpha value is -1.54. The molecule has 142 valence electrons. The van der Waals surface area contributed by atoms with E-state index in [-0.39, 0.29) is 28.7 Å². The molecule has 8 heteroatoms. The van der Waals surface area contributed by atoms with Gasteiger partial charge in [-0.3, -0.25) is 4.79 Å². The van der Waals surface area contributed by atoms with Crippen molar-refractivity contribution < 1.29 is 17.9 Å². The predicted molar refractivity (Wildman–Crippen MR) is 104 cm³/mol. The minimum absolute atomic E-state index is 0.0822. The summed E-state index contributed by atoms with van der Waals surface area (Å²) in [5.41, 5.74) is 0.365. The lowest BCUT2D eigenvalue weighted by Gasteiger charge is -2.26. The van der Waals surface area contributed by atoms with Crippen molar-refractivity contribution in [3.8, 4) is 5.75 Å². The van der Waals surface area contributed by atoms with E-state index in [0.29, 0.717) is 11.7 Å². The van der Waals surface area contributed by atoms with Gasteiger partial charge in [0.25, 0.3) is 5.91 Å². The SMILES string of the molecule is COc1ccccc1CN1C(=NC(=O)C(C)(C)C)S[C@@H]2CS(=O)(=O)C[C@@H]21. The number of hydrogen-bond donors (Lipinski definition) is 0. The van der Waals surface area contributed by atoms with Gasteiger partial charge >= 0.3 is 0 Å². The number of hydrogen-bond acceptors (Lipinski definition) is 5. The number of amides is 1. The average Bonchev–Trinajstić information content (AvgIpc) is 3.00. The van der Waals surface area contributed by atoms with Crippen molar-refractivity contribution in [3.05, 3.63) is 29.8 Å². The van der Waals surface area contributed by atoms with E-state index in [9.17, 15) is 13.2 Å². The third-order valence-electron chi connectivity index (χ3n) is 4.55. The van der Waals surface area contributed by atoms with Gasteiger partial charge in [-0.05, 0) is 6.07 Å². The van der Waals surface area contributed by atoms with Crippen LogP contribution in [-0.4, -0.2) is 54.3 Å². The van der Waals surface area contributed by atoms with Crippen LogP contribution < -0.4 is 4.74 Å². The molecule has 0 unspecified atom stereocenters. The van der Waals surface area contributed by atoms with Gasteiger partial charge in [0.2, 0.25) is 0 Å². The topological polar surface area (TPSA) is 76.0 Å². The summed E-state index contributed by atoms with van der Waals surface area (Å²) in [6.07, 6.45) is 0. The van der Waals surface area contributed by atoms with Gasteiger partial charge < -0.3 is 9.64 Å². The number of methoxy groups -OCH3 is 1. The van der Waals surface area contributed by atoms with Gasteiger partial charge in [-0.15, -0.1) is 0 Å². The molecule has 6 nitrogen and oxygen atoms in total. The van der Waals surface area contributed by atoms with Crippen LogP contribution in [0.25, 0.3) is 0 Å². The molecule has 0 aromatic heterocycles. The largest absolute Gasteiger partial charge is 0.496 e. The number of amidine groups is 1. The molecule has 1 amide bonds. The maximum absolute atomic E-state index is 12.4. The van der Waals surface area contributed by atoms with Gasteiger partial charge in [-0.25, -0.2) is 8.42 Å². The van der Waals surface area contributed by atoms with Gasteiger partial charge in [0.05, 0.1) is 24.7 Å². The summed E-state index contributed by atoms with van der Waals surface area (Å²) >= 11 is 1.40. The van der Waals surface area contributed by atoms with Gasteiger partial charge in [0.15, 0.2) is 15.0 Å². The Labute approximate surface area is 158 Å². The fraction of sp³-hybridized carbons (Fsp3) is 0.556. The number of ether oxygens (including phenoxy) is 1. The van der Waals surface area contributed by atoms with E-state index in [2.05, 4.69) is 4.99 Å². The molecule has 2 atom stereocenters. The first kappa shape index (κ1) is 19.2. The number of carbonyl (C=O) groups is 1. The van der Waals surface area contributed by atoms with Crippen molar-refractivity contribution >= 4 is 32.7 Å². The van der Waals surface area contributed by atoms with E-state index in [1.165, 1.54) is 11.8 Å². The Bertz CT molecular complexity index is 843. The van der Waals surface area contributed by atoms with Crippen molar-refractivity contribution in [2.24, 2.45) is 10.4 Å². The second-order valence-electron chi connectivity index (χ2n) is 7.69. The third kappa shape index (κ3) is 3.91. The normalized spacial score (nSPS) is 26.2. The number of aliphatic imine (C=N–C) groups is 1. The summed E-state index contributed by atoms with van der Waals surface area (Å²) in [7, 11) is -1.45. The second kappa shape index (κ2) is 6.88. The van der Waals surface area contributed by atoms with Crippen LogP contribution >= 0.6 is 11.8 Å².